The highest BCUT2D eigenvalue weighted by molar-refractivity contribution is 6.16. The Bertz CT molecular complexity index is 681. The number of allylic oxidation sites excluding steroid dienone is 1. The Morgan fingerprint density at radius 1 is 1.22 bits per heavy atom. The number of benzene rings is 1. The van der Waals surface area contributed by atoms with Crippen molar-refractivity contribution >= 4 is 18.0 Å². The third-order valence-corrected chi connectivity index (χ3v) is 3.84. The molecule has 0 bridgehead atoms. The van der Waals surface area contributed by atoms with Gasteiger partial charge in [0.2, 0.25) is 0 Å². The predicted octanol–water partition coefficient (Wildman–Crippen LogP) is 3.32. The smallest absolute Gasteiger partial charge is 0.340 e. The van der Waals surface area contributed by atoms with E-state index in [4.69, 9.17) is 4.74 Å². The number of aryl methyl sites for hydroxylation is 1. The normalized spacial score (nSPS) is 16.7. The third-order valence-electron chi connectivity index (χ3n) is 3.84. The van der Waals surface area contributed by atoms with E-state index in [1.165, 1.54) is 7.11 Å². The Balaban J connectivity index is 2.49. The third kappa shape index (κ3) is 3.52. The predicted molar refractivity (Wildman–Crippen MR) is 90.4 cm³/mol. The van der Waals surface area contributed by atoms with Crippen LogP contribution < -0.4 is 0 Å². The Hall–Kier alpha value is -2.36. The number of carbonyl (C=O) groups is 2. The highest BCUT2D eigenvalue weighted by atomic mass is 16.5. The zero-order chi connectivity index (χ0) is 17.1. The van der Waals surface area contributed by atoms with Gasteiger partial charge in [-0.2, -0.15) is 0 Å². The van der Waals surface area contributed by atoms with Gasteiger partial charge in [0.15, 0.2) is 0 Å². The number of rotatable bonds is 4. The molecule has 0 unspecified atom stereocenters. The van der Waals surface area contributed by atoms with E-state index in [1.54, 1.807) is 17.9 Å². The Labute approximate surface area is 137 Å². The van der Waals surface area contributed by atoms with Gasteiger partial charge in [0.05, 0.1) is 18.3 Å². The number of esters is 1. The highest BCUT2D eigenvalue weighted by Crippen LogP contribution is 2.32. The summed E-state index contributed by atoms with van der Waals surface area (Å²) in [5.41, 5.74) is 3.46. The first-order valence-corrected chi connectivity index (χ1v) is 7.75. The summed E-state index contributed by atoms with van der Waals surface area (Å²) in [7, 11) is 1.34. The SMILES string of the molecule is COC(=O)C1=C(C)N(CC(C)C)C(=O)C1=Cc1ccc(C)cc1. The maximum absolute atomic E-state index is 12.8. The van der Waals surface area contributed by atoms with E-state index in [-0.39, 0.29) is 5.91 Å². The number of carbonyl (C=O) groups excluding carboxylic acids is 2. The first kappa shape index (κ1) is 17.0. The zero-order valence-corrected chi connectivity index (χ0v) is 14.3. The average Bonchev–Trinajstić information content (AvgIpc) is 2.73. The van der Waals surface area contributed by atoms with E-state index in [1.807, 2.05) is 45.0 Å². The van der Waals surface area contributed by atoms with Gasteiger partial charge in [0, 0.05) is 12.2 Å². The molecule has 0 radical (unpaired) electrons. The molecule has 1 aliphatic heterocycles. The summed E-state index contributed by atoms with van der Waals surface area (Å²) in [6.07, 6.45) is 1.76. The average molecular weight is 313 g/mol. The fourth-order valence-corrected chi connectivity index (χ4v) is 2.64. The van der Waals surface area contributed by atoms with Gasteiger partial charge in [-0.25, -0.2) is 4.79 Å². The Kier molecular flexibility index (Phi) is 5.04. The lowest BCUT2D eigenvalue weighted by atomic mass is 10.0. The minimum absolute atomic E-state index is 0.142. The lowest BCUT2D eigenvalue weighted by Gasteiger charge is -2.19. The standard InChI is InChI=1S/C19H23NO3/c1-12(2)11-20-14(4)17(19(22)23-5)16(18(20)21)10-15-8-6-13(3)7-9-15/h6-10,12H,11H2,1-5H3. The van der Waals surface area contributed by atoms with Gasteiger partial charge >= 0.3 is 5.97 Å². The molecule has 0 atom stereocenters. The van der Waals surface area contributed by atoms with Gasteiger partial charge in [-0.05, 0) is 31.4 Å². The van der Waals surface area contributed by atoms with Crippen LogP contribution in [0.4, 0.5) is 0 Å². The Morgan fingerprint density at radius 3 is 2.35 bits per heavy atom. The van der Waals surface area contributed by atoms with E-state index in [2.05, 4.69) is 0 Å². The van der Waals surface area contributed by atoms with Gasteiger partial charge in [0.1, 0.15) is 0 Å². The summed E-state index contributed by atoms with van der Waals surface area (Å²) in [6, 6.07) is 7.83. The molecule has 4 heteroatoms. The molecule has 0 aromatic heterocycles. The quantitative estimate of drug-likeness (QED) is 0.633. The van der Waals surface area contributed by atoms with E-state index < -0.39 is 5.97 Å². The van der Waals surface area contributed by atoms with E-state index in [9.17, 15) is 9.59 Å². The number of ether oxygens (including phenoxy) is 1. The second-order valence-electron chi connectivity index (χ2n) is 6.23. The van der Waals surface area contributed by atoms with Crippen LogP contribution in [0.15, 0.2) is 41.1 Å². The van der Waals surface area contributed by atoms with Crippen LogP contribution in [0.3, 0.4) is 0 Å². The van der Waals surface area contributed by atoms with Crippen molar-refractivity contribution in [1.29, 1.82) is 0 Å². The van der Waals surface area contributed by atoms with Crippen LogP contribution >= 0.6 is 0 Å². The second-order valence-corrected chi connectivity index (χ2v) is 6.23. The molecule has 122 valence electrons. The lowest BCUT2D eigenvalue weighted by Crippen LogP contribution is -2.28. The van der Waals surface area contributed by atoms with E-state index >= 15 is 0 Å². The molecule has 1 amide bonds. The summed E-state index contributed by atoms with van der Waals surface area (Å²) < 4.78 is 4.88. The number of hydrogen-bond donors (Lipinski definition) is 0. The van der Waals surface area contributed by atoms with Crippen LogP contribution in [-0.4, -0.2) is 30.4 Å². The van der Waals surface area contributed by atoms with Gasteiger partial charge in [-0.15, -0.1) is 0 Å². The van der Waals surface area contributed by atoms with Crippen LogP contribution in [0.5, 0.6) is 0 Å². The largest absolute Gasteiger partial charge is 0.465 e. The molecule has 1 heterocycles. The maximum atomic E-state index is 12.8. The summed E-state index contributed by atoms with van der Waals surface area (Å²) in [5.74, 6) is -0.302. The van der Waals surface area contributed by atoms with E-state index in [0.29, 0.717) is 29.3 Å². The van der Waals surface area contributed by atoms with Crippen molar-refractivity contribution in [1.82, 2.24) is 4.90 Å². The molecule has 2 rings (SSSR count). The van der Waals surface area contributed by atoms with Crippen LogP contribution in [0, 0.1) is 12.8 Å². The lowest BCUT2D eigenvalue weighted by molar-refractivity contribution is -0.136. The molecule has 1 aromatic carbocycles. The van der Waals surface area contributed by atoms with Crippen molar-refractivity contribution in [2.75, 3.05) is 13.7 Å². The van der Waals surface area contributed by atoms with Crippen LogP contribution in [0.25, 0.3) is 6.08 Å². The molecule has 0 aliphatic carbocycles. The molecule has 0 N–H and O–H groups in total. The molecule has 0 fully saturated rings. The van der Waals surface area contributed by atoms with Gasteiger partial charge < -0.3 is 9.64 Å². The highest BCUT2D eigenvalue weighted by Gasteiger charge is 2.36. The first-order valence-electron chi connectivity index (χ1n) is 7.75. The number of amides is 1. The topological polar surface area (TPSA) is 46.6 Å². The molecular formula is C19H23NO3. The first-order chi connectivity index (χ1) is 10.8. The molecule has 0 spiro atoms. The fraction of sp³-hybridized carbons (Fsp3) is 0.368. The summed E-state index contributed by atoms with van der Waals surface area (Å²) in [4.78, 5) is 26.6. The molecule has 1 aromatic rings. The van der Waals surface area contributed by atoms with Crippen LogP contribution in [0.2, 0.25) is 0 Å². The molecule has 0 saturated carbocycles. The second kappa shape index (κ2) is 6.82. The molecule has 4 nitrogen and oxygen atoms in total. The molecular weight excluding hydrogens is 290 g/mol. The fourth-order valence-electron chi connectivity index (χ4n) is 2.64. The van der Waals surface area contributed by atoms with E-state index in [0.717, 1.165) is 11.1 Å². The van der Waals surface area contributed by atoms with Gasteiger partial charge in [-0.3, -0.25) is 4.79 Å². The van der Waals surface area contributed by atoms with Crippen molar-refractivity contribution in [3.63, 3.8) is 0 Å². The van der Waals surface area contributed by atoms with Crippen molar-refractivity contribution in [2.45, 2.75) is 27.7 Å². The summed E-state index contributed by atoms with van der Waals surface area (Å²) in [5, 5.41) is 0. The minimum Gasteiger partial charge on any atom is -0.465 e. The maximum Gasteiger partial charge on any atom is 0.340 e. The van der Waals surface area contributed by atoms with Crippen molar-refractivity contribution in [3.8, 4) is 0 Å². The van der Waals surface area contributed by atoms with Crippen molar-refractivity contribution in [3.05, 3.63) is 52.2 Å². The van der Waals surface area contributed by atoms with Gasteiger partial charge in [-0.1, -0.05) is 43.7 Å². The van der Waals surface area contributed by atoms with Crippen LogP contribution in [-0.2, 0) is 14.3 Å². The molecule has 0 saturated heterocycles. The number of hydrogen-bond acceptors (Lipinski definition) is 3. The van der Waals surface area contributed by atoms with Crippen molar-refractivity contribution < 1.29 is 14.3 Å². The monoisotopic (exact) mass is 313 g/mol. The number of methoxy groups -OCH3 is 1. The molecule has 23 heavy (non-hydrogen) atoms. The molecule has 1 aliphatic rings. The summed E-state index contributed by atoms with van der Waals surface area (Å²) in [6.45, 7) is 8.46. The minimum atomic E-state index is -0.472. The van der Waals surface area contributed by atoms with Crippen LogP contribution in [0.1, 0.15) is 31.9 Å². The summed E-state index contributed by atoms with van der Waals surface area (Å²) >= 11 is 0. The van der Waals surface area contributed by atoms with Gasteiger partial charge in [0.25, 0.3) is 5.91 Å². The Morgan fingerprint density at radius 2 is 1.83 bits per heavy atom. The zero-order valence-electron chi connectivity index (χ0n) is 14.3. The van der Waals surface area contributed by atoms with Crippen molar-refractivity contribution in [2.24, 2.45) is 5.92 Å². The number of nitrogens with zero attached hydrogens (tertiary/aromatic N) is 1.